The second-order valence-electron chi connectivity index (χ2n) is 4.52. The molecule has 0 aliphatic heterocycles. The minimum atomic E-state index is -0.365. The molecular formula is C12H20N4O2. The van der Waals surface area contributed by atoms with E-state index >= 15 is 0 Å². The average Bonchev–Trinajstić information content (AvgIpc) is 2.26. The number of likely N-dealkylation sites (N-methyl/N-ethyl adjacent to an activating group) is 1. The molecule has 100 valence electrons. The van der Waals surface area contributed by atoms with Gasteiger partial charge in [-0.05, 0) is 33.2 Å². The quantitative estimate of drug-likeness (QED) is 0.598. The molecule has 0 saturated heterocycles. The second-order valence-corrected chi connectivity index (χ2v) is 4.52. The number of para-hydroxylation sites is 1. The zero-order valence-electron chi connectivity index (χ0n) is 11.2. The normalized spacial score (nSPS) is 12.3. The summed E-state index contributed by atoms with van der Waals surface area (Å²) in [6.45, 7) is 2.80. The van der Waals surface area contributed by atoms with Gasteiger partial charge in [-0.2, -0.15) is 0 Å². The molecule has 6 nitrogen and oxygen atoms in total. The largest absolute Gasteiger partial charge is 0.382 e. The van der Waals surface area contributed by atoms with Crippen molar-refractivity contribution in [2.75, 3.05) is 38.3 Å². The average molecular weight is 252 g/mol. The molecule has 0 aliphatic carbocycles. The molecule has 0 aliphatic rings. The highest BCUT2D eigenvalue weighted by Gasteiger charge is 2.19. The van der Waals surface area contributed by atoms with Gasteiger partial charge in [0.15, 0.2) is 0 Å². The molecule has 0 bridgehead atoms. The highest BCUT2D eigenvalue weighted by molar-refractivity contribution is 5.76. The van der Waals surface area contributed by atoms with Crippen LogP contribution in [0.1, 0.15) is 6.92 Å². The van der Waals surface area contributed by atoms with Gasteiger partial charge in [-0.1, -0.05) is 6.07 Å². The van der Waals surface area contributed by atoms with Crippen molar-refractivity contribution in [3.05, 3.63) is 28.3 Å². The van der Waals surface area contributed by atoms with Gasteiger partial charge in [-0.15, -0.1) is 0 Å². The van der Waals surface area contributed by atoms with Gasteiger partial charge in [0.05, 0.1) is 4.92 Å². The Morgan fingerprint density at radius 2 is 2.00 bits per heavy atom. The Morgan fingerprint density at radius 3 is 2.50 bits per heavy atom. The summed E-state index contributed by atoms with van der Waals surface area (Å²) in [6, 6.07) is 5.35. The molecule has 0 amide bonds. The molecule has 0 aromatic heterocycles. The van der Waals surface area contributed by atoms with E-state index in [0.29, 0.717) is 11.4 Å². The zero-order chi connectivity index (χ0) is 13.7. The smallest absolute Gasteiger partial charge is 0.315 e. The van der Waals surface area contributed by atoms with Gasteiger partial charge in [0.25, 0.3) is 0 Å². The van der Waals surface area contributed by atoms with E-state index in [1.54, 1.807) is 25.2 Å². The van der Waals surface area contributed by atoms with Crippen LogP contribution in [0.5, 0.6) is 0 Å². The Balaban J connectivity index is 2.98. The highest BCUT2D eigenvalue weighted by atomic mass is 16.6. The van der Waals surface area contributed by atoms with Crippen molar-refractivity contribution in [3.63, 3.8) is 0 Å². The Bertz CT molecular complexity index is 421. The molecule has 1 atom stereocenters. The lowest BCUT2D eigenvalue weighted by Crippen LogP contribution is -2.29. The molecule has 0 spiro atoms. The second kappa shape index (κ2) is 6.20. The monoisotopic (exact) mass is 252 g/mol. The standard InChI is InChI=1S/C12H20N4O2/c1-9(8-15(3)4)14-11-7-5-6-10(13-2)12(11)16(17)18/h5-7,9,13-14H,8H2,1-4H3. The van der Waals surface area contributed by atoms with Crippen LogP contribution in [-0.2, 0) is 0 Å². The van der Waals surface area contributed by atoms with E-state index in [2.05, 4.69) is 10.6 Å². The van der Waals surface area contributed by atoms with Gasteiger partial charge in [-0.3, -0.25) is 10.1 Å². The van der Waals surface area contributed by atoms with Crippen molar-refractivity contribution in [1.82, 2.24) is 4.90 Å². The number of rotatable bonds is 6. The molecule has 2 N–H and O–H groups in total. The molecule has 1 aromatic carbocycles. The van der Waals surface area contributed by atoms with E-state index in [1.165, 1.54) is 0 Å². The van der Waals surface area contributed by atoms with Crippen LogP contribution in [0.15, 0.2) is 18.2 Å². The van der Waals surface area contributed by atoms with E-state index in [4.69, 9.17) is 0 Å². The van der Waals surface area contributed by atoms with Gasteiger partial charge in [0, 0.05) is 19.6 Å². The van der Waals surface area contributed by atoms with Gasteiger partial charge in [0.1, 0.15) is 11.4 Å². The van der Waals surface area contributed by atoms with Crippen LogP contribution in [0.3, 0.4) is 0 Å². The molecule has 0 heterocycles. The van der Waals surface area contributed by atoms with Gasteiger partial charge in [-0.25, -0.2) is 0 Å². The van der Waals surface area contributed by atoms with Crippen molar-refractivity contribution in [3.8, 4) is 0 Å². The minimum absolute atomic E-state index is 0.0885. The summed E-state index contributed by atoms with van der Waals surface area (Å²) in [5, 5.41) is 17.1. The van der Waals surface area contributed by atoms with Crippen LogP contribution < -0.4 is 10.6 Å². The van der Waals surface area contributed by atoms with E-state index in [9.17, 15) is 10.1 Å². The lowest BCUT2D eigenvalue weighted by Gasteiger charge is -2.19. The summed E-state index contributed by atoms with van der Waals surface area (Å²) >= 11 is 0. The summed E-state index contributed by atoms with van der Waals surface area (Å²) in [7, 11) is 5.61. The first-order valence-electron chi connectivity index (χ1n) is 5.82. The first-order chi connectivity index (χ1) is 8.45. The summed E-state index contributed by atoms with van der Waals surface area (Å²) in [5.74, 6) is 0. The molecular weight excluding hydrogens is 232 g/mol. The first kappa shape index (κ1) is 14.2. The number of hydrogen-bond donors (Lipinski definition) is 2. The minimum Gasteiger partial charge on any atom is -0.382 e. The van der Waals surface area contributed by atoms with Crippen LogP contribution in [0.2, 0.25) is 0 Å². The topological polar surface area (TPSA) is 70.4 Å². The first-order valence-corrected chi connectivity index (χ1v) is 5.82. The van der Waals surface area contributed by atoms with Crippen molar-refractivity contribution in [2.45, 2.75) is 13.0 Å². The number of nitrogens with one attached hydrogen (secondary N) is 2. The lowest BCUT2D eigenvalue weighted by atomic mass is 10.2. The molecule has 0 radical (unpaired) electrons. The molecule has 18 heavy (non-hydrogen) atoms. The molecule has 0 saturated carbocycles. The number of anilines is 2. The van der Waals surface area contributed by atoms with Crippen LogP contribution in [-0.4, -0.2) is 43.6 Å². The Kier molecular flexibility index (Phi) is 4.91. The Hall–Kier alpha value is -1.82. The van der Waals surface area contributed by atoms with E-state index in [1.807, 2.05) is 25.9 Å². The molecule has 1 unspecified atom stereocenters. The van der Waals surface area contributed by atoms with Gasteiger partial charge >= 0.3 is 5.69 Å². The third-order valence-electron chi connectivity index (χ3n) is 2.53. The van der Waals surface area contributed by atoms with Crippen LogP contribution in [0.4, 0.5) is 17.1 Å². The fraction of sp³-hybridized carbons (Fsp3) is 0.500. The summed E-state index contributed by atoms with van der Waals surface area (Å²) < 4.78 is 0. The molecule has 1 aromatic rings. The summed E-state index contributed by atoms with van der Waals surface area (Å²) in [6.07, 6.45) is 0. The molecule has 1 rings (SSSR count). The maximum Gasteiger partial charge on any atom is 0.315 e. The molecule has 0 fully saturated rings. The highest BCUT2D eigenvalue weighted by Crippen LogP contribution is 2.32. The van der Waals surface area contributed by atoms with E-state index in [0.717, 1.165) is 6.54 Å². The SMILES string of the molecule is CNc1cccc(NC(C)CN(C)C)c1[N+](=O)[O-]. The zero-order valence-corrected chi connectivity index (χ0v) is 11.2. The van der Waals surface area contributed by atoms with Crippen molar-refractivity contribution in [2.24, 2.45) is 0 Å². The number of hydrogen-bond acceptors (Lipinski definition) is 5. The maximum atomic E-state index is 11.1. The number of nitro benzene ring substituents is 1. The van der Waals surface area contributed by atoms with Crippen LogP contribution >= 0.6 is 0 Å². The van der Waals surface area contributed by atoms with Crippen LogP contribution in [0.25, 0.3) is 0 Å². The predicted molar refractivity (Wildman–Crippen MR) is 74.3 cm³/mol. The Labute approximate surface area is 107 Å². The Morgan fingerprint density at radius 1 is 1.39 bits per heavy atom. The van der Waals surface area contributed by atoms with Crippen LogP contribution in [0, 0.1) is 10.1 Å². The predicted octanol–water partition coefficient (Wildman–Crippen LogP) is 2.00. The van der Waals surface area contributed by atoms with Gasteiger partial charge < -0.3 is 15.5 Å². The summed E-state index contributed by atoms with van der Waals surface area (Å²) in [5.41, 5.74) is 1.15. The maximum absolute atomic E-state index is 11.1. The van der Waals surface area contributed by atoms with E-state index < -0.39 is 0 Å². The number of nitrogens with zero attached hydrogens (tertiary/aromatic N) is 2. The number of benzene rings is 1. The van der Waals surface area contributed by atoms with Crippen molar-refractivity contribution >= 4 is 17.1 Å². The fourth-order valence-electron chi connectivity index (χ4n) is 1.92. The van der Waals surface area contributed by atoms with E-state index in [-0.39, 0.29) is 16.7 Å². The lowest BCUT2D eigenvalue weighted by molar-refractivity contribution is -0.383. The summed E-state index contributed by atoms with van der Waals surface area (Å²) in [4.78, 5) is 12.8. The van der Waals surface area contributed by atoms with Crippen molar-refractivity contribution < 1.29 is 4.92 Å². The molecule has 6 heteroatoms. The third-order valence-corrected chi connectivity index (χ3v) is 2.53. The fourth-order valence-corrected chi connectivity index (χ4v) is 1.92. The van der Waals surface area contributed by atoms with Gasteiger partial charge in [0.2, 0.25) is 0 Å². The van der Waals surface area contributed by atoms with Crippen molar-refractivity contribution in [1.29, 1.82) is 0 Å². The number of nitro groups is 1. The third kappa shape index (κ3) is 3.59.